The van der Waals surface area contributed by atoms with Crippen LogP contribution in [0.2, 0.25) is 0 Å². The first-order chi connectivity index (χ1) is 11.9. The average molecular weight is 380 g/mol. The van der Waals surface area contributed by atoms with Crippen LogP contribution in [0, 0.1) is 0 Å². The van der Waals surface area contributed by atoms with E-state index >= 15 is 0 Å². The first kappa shape index (κ1) is 17.4. The van der Waals surface area contributed by atoms with Gasteiger partial charge in [0.15, 0.2) is 0 Å². The Hall–Kier alpha value is -2.39. The van der Waals surface area contributed by atoms with Crippen molar-refractivity contribution in [2.75, 3.05) is 11.3 Å². The summed E-state index contributed by atoms with van der Waals surface area (Å²) in [6.07, 6.45) is 1.05. The van der Waals surface area contributed by atoms with Crippen molar-refractivity contribution in [3.63, 3.8) is 0 Å². The molecule has 9 heteroatoms. The van der Waals surface area contributed by atoms with Crippen LogP contribution in [0.1, 0.15) is 23.2 Å². The number of nitrogens with one attached hydrogen (secondary N) is 1. The fraction of sp³-hybridized carbons (Fsp3) is 0.250. The number of sulfonamides is 1. The molecule has 2 N–H and O–H groups in total. The maximum atomic E-state index is 12.6. The molecule has 0 aliphatic carbocycles. The van der Waals surface area contributed by atoms with Gasteiger partial charge in [-0.25, -0.2) is 13.2 Å². The number of aliphatic carboxylic acids is 1. The summed E-state index contributed by atoms with van der Waals surface area (Å²) >= 11 is 1.09. The zero-order chi connectivity index (χ0) is 18.0. The van der Waals surface area contributed by atoms with Gasteiger partial charge in [0.05, 0.1) is 0 Å². The van der Waals surface area contributed by atoms with Crippen LogP contribution in [0.3, 0.4) is 0 Å². The lowest BCUT2D eigenvalue weighted by molar-refractivity contribution is -0.141. The Balaban J connectivity index is 1.82. The highest BCUT2D eigenvalue weighted by Crippen LogP contribution is 2.24. The first-order valence-corrected chi connectivity index (χ1v) is 9.95. The number of nitrogens with zero attached hydrogens (tertiary/aromatic N) is 1. The summed E-state index contributed by atoms with van der Waals surface area (Å²) in [5.74, 6) is -1.44. The largest absolute Gasteiger partial charge is 0.480 e. The minimum Gasteiger partial charge on any atom is -0.480 e. The molecule has 0 spiro atoms. The molecule has 0 unspecified atom stereocenters. The zero-order valence-electron chi connectivity index (χ0n) is 13.1. The van der Waals surface area contributed by atoms with Gasteiger partial charge in [-0.3, -0.25) is 9.52 Å². The van der Waals surface area contributed by atoms with Crippen LogP contribution >= 0.6 is 11.3 Å². The summed E-state index contributed by atoms with van der Waals surface area (Å²) in [5.41, 5.74) is 0.504. The second kappa shape index (κ2) is 6.85. The Morgan fingerprint density at radius 1 is 1.24 bits per heavy atom. The number of carboxylic acid groups (broad SMARTS) is 1. The van der Waals surface area contributed by atoms with Crippen molar-refractivity contribution in [1.29, 1.82) is 0 Å². The van der Waals surface area contributed by atoms with E-state index in [9.17, 15) is 23.1 Å². The molecule has 0 bridgehead atoms. The third-order valence-corrected chi connectivity index (χ3v) is 6.70. The molecule has 1 atom stereocenters. The van der Waals surface area contributed by atoms with Crippen LogP contribution in [-0.4, -0.2) is 42.9 Å². The van der Waals surface area contributed by atoms with Crippen LogP contribution in [0.4, 0.5) is 5.69 Å². The van der Waals surface area contributed by atoms with Crippen LogP contribution < -0.4 is 4.72 Å². The van der Waals surface area contributed by atoms with Gasteiger partial charge in [-0.2, -0.15) is 0 Å². The lowest BCUT2D eigenvalue weighted by Gasteiger charge is -2.21. The van der Waals surface area contributed by atoms with E-state index in [-0.39, 0.29) is 15.5 Å². The summed E-state index contributed by atoms with van der Waals surface area (Å²) in [6, 6.07) is 8.36. The van der Waals surface area contributed by atoms with E-state index in [4.69, 9.17) is 0 Å². The van der Waals surface area contributed by atoms with Crippen molar-refractivity contribution in [1.82, 2.24) is 4.90 Å². The summed E-state index contributed by atoms with van der Waals surface area (Å²) < 4.78 is 27.1. The number of anilines is 1. The molecular weight excluding hydrogens is 364 g/mol. The molecule has 132 valence electrons. The Morgan fingerprint density at radius 3 is 2.72 bits per heavy atom. The highest BCUT2D eigenvalue weighted by atomic mass is 32.2. The van der Waals surface area contributed by atoms with Gasteiger partial charge in [0.25, 0.3) is 15.9 Å². The number of amides is 1. The Kier molecular flexibility index (Phi) is 4.78. The SMILES string of the molecule is O=C(O)[C@H]1CCCN1C(=O)c1cccc(NS(=O)(=O)c2cccs2)c1. The lowest BCUT2D eigenvalue weighted by atomic mass is 10.1. The van der Waals surface area contributed by atoms with Gasteiger partial charge in [-0.1, -0.05) is 12.1 Å². The highest BCUT2D eigenvalue weighted by Gasteiger charge is 2.34. The molecule has 1 aromatic carbocycles. The van der Waals surface area contributed by atoms with E-state index in [1.54, 1.807) is 29.6 Å². The van der Waals surface area contributed by atoms with Gasteiger partial charge >= 0.3 is 5.97 Å². The quantitative estimate of drug-likeness (QED) is 0.828. The van der Waals surface area contributed by atoms with Crippen molar-refractivity contribution in [3.8, 4) is 0 Å². The van der Waals surface area contributed by atoms with Gasteiger partial charge in [0, 0.05) is 17.8 Å². The molecule has 2 aromatic rings. The monoisotopic (exact) mass is 380 g/mol. The molecule has 1 aliphatic heterocycles. The summed E-state index contributed by atoms with van der Waals surface area (Å²) in [7, 11) is -3.71. The summed E-state index contributed by atoms with van der Waals surface area (Å²) in [5, 5.41) is 10.9. The first-order valence-electron chi connectivity index (χ1n) is 7.58. The topological polar surface area (TPSA) is 104 Å². The van der Waals surface area contributed by atoms with Gasteiger partial charge in [-0.15, -0.1) is 11.3 Å². The molecular formula is C16H16N2O5S2. The van der Waals surface area contributed by atoms with Crippen molar-refractivity contribution < 1.29 is 23.1 Å². The minimum absolute atomic E-state index is 0.176. The number of hydrogen-bond donors (Lipinski definition) is 2. The third kappa shape index (κ3) is 3.67. The number of likely N-dealkylation sites (tertiary alicyclic amines) is 1. The number of carboxylic acids is 1. The van der Waals surface area contributed by atoms with E-state index in [1.807, 2.05) is 0 Å². The molecule has 1 fully saturated rings. The van der Waals surface area contributed by atoms with Gasteiger partial charge in [0.1, 0.15) is 10.3 Å². The maximum absolute atomic E-state index is 12.6. The Labute approximate surface area is 149 Å². The van der Waals surface area contributed by atoms with E-state index < -0.39 is 27.9 Å². The van der Waals surface area contributed by atoms with Crippen molar-refractivity contribution in [2.24, 2.45) is 0 Å². The fourth-order valence-electron chi connectivity index (χ4n) is 2.77. The molecule has 7 nitrogen and oxygen atoms in total. The zero-order valence-corrected chi connectivity index (χ0v) is 14.7. The van der Waals surface area contributed by atoms with Crippen LogP contribution in [-0.2, 0) is 14.8 Å². The predicted octanol–water partition coefficient (Wildman–Crippen LogP) is 2.24. The fourth-order valence-corrected chi connectivity index (χ4v) is 4.81. The molecule has 0 saturated carbocycles. The van der Waals surface area contributed by atoms with Gasteiger partial charge < -0.3 is 10.0 Å². The molecule has 1 aromatic heterocycles. The molecule has 1 amide bonds. The Morgan fingerprint density at radius 2 is 2.04 bits per heavy atom. The minimum atomic E-state index is -3.71. The molecule has 3 rings (SSSR count). The number of carbonyl (C=O) groups excluding carboxylic acids is 1. The number of thiophene rings is 1. The van der Waals surface area contributed by atoms with E-state index in [2.05, 4.69) is 4.72 Å². The normalized spacial score (nSPS) is 17.4. The number of carbonyl (C=O) groups is 2. The smallest absolute Gasteiger partial charge is 0.326 e. The molecule has 1 aliphatic rings. The molecule has 25 heavy (non-hydrogen) atoms. The predicted molar refractivity (Wildman–Crippen MR) is 93.3 cm³/mol. The van der Waals surface area contributed by atoms with E-state index in [1.165, 1.54) is 17.0 Å². The molecule has 1 saturated heterocycles. The summed E-state index contributed by atoms with van der Waals surface area (Å²) in [4.78, 5) is 25.2. The third-order valence-electron chi connectivity index (χ3n) is 3.92. The van der Waals surface area contributed by atoms with E-state index in [0.717, 1.165) is 11.3 Å². The molecule has 0 radical (unpaired) electrons. The number of rotatable bonds is 5. The van der Waals surface area contributed by atoms with Crippen LogP contribution in [0.25, 0.3) is 0 Å². The average Bonchev–Trinajstić information content (AvgIpc) is 3.25. The van der Waals surface area contributed by atoms with Crippen molar-refractivity contribution in [2.45, 2.75) is 23.1 Å². The van der Waals surface area contributed by atoms with Gasteiger partial charge in [-0.05, 0) is 42.5 Å². The second-order valence-corrected chi connectivity index (χ2v) is 8.47. The van der Waals surface area contributed by atoms with E-state index in [0.29, 0.717) is 19.4 Å². The highest BCUT2D eigenvalue weighted by molar-refractivity contribution is 7.94. The maximum Gasteiger partial charge on any atom is 0.326 e. The second-order valence-electron chi connectivity index (χ2n) is 5.61. The number of hydrogen-bond acceptors (Lipinski definition) is 5. The van der Waals surface area contributed by atoms with Crippen LogP contribution in [0.15, 0.2) is 46.0 Å². The molecule has 2 heterocycles. The van der Waals surface area contributed by atoms with Crippen molar-refractivity contribution in [3.05, 3.63) is 47.3 Å². The summed E-state index contributed by atoms with van der Waals surface area (Å²) in [6.45, 7) is 0.376. The lowest BCUT2D eigenvalue weighted by Crippen LogP contribution is -2.40. The van der Waals surface area contributed by atoms with Gasteiger partial charge in [0.2, 0.25) is 0 Å². The standard InChI is InChI=1S/C16H16N2O5S2/c19-15(18-8-2-6-13(18)16(20)21)11-4-1-5-12(10-11)17-25(22,23)14-7-3-9-24-14/h1,3-5,7,9-10,13,17H,2,6,8H2,(H,20,21)/t13-/m1/s1. The number of benzene rings is 1. The van der Waals surface area contributed by atoms with Crippen molar-refractivity contribution >= 4 is 38.9 Å². The van der Waals surface area contributed by atoms with Crippen LogP contribution in [0.5, 0.6) is 0 Å². The Bertz CT molecular complexity index is 893.